The third-order valence-corrected chi connectivity index (χ3v) is 16.8. The number of phenols is 21. The van der Waals surface area contributed by atoms with Gasteiger partial charge in [-0.25, -0.2) is 9.59 Å². The number of methoxy groups -OCH3 is 1. The van der Waals surface area contributed by atoms with E-state index in [9.17, 15) is 132 Å². The molecular formula is C75H60O33. The molecule has 0 bridgehead atoms. The average Bonchev–Trinajstić information content (AvgIpc) is 0.775. The SMILES string of the molecule is COc1ccc(-c2cc(=O)c3c(O)cc(O)cc3o2)cc1O.O=C(O[C@@H]1Cc2c(O)cc(O)cc2O[C@@H]1c1cc(O)c(O)c(O)c1)c1cc(O)c(O)c(O)c1.O=C(O[C@@H]1Cc2c(O)cc(O)cc2O[C@@H]1c1ccc(O)c(O)c1)c1cc(O)c(O)c(O)c1.O=C1c2c(O)cc(O)cc2OC(c2ccccc2O)C1O. The minimum absolute atomic E-state index is 0.0146. The van der Waals surface area contributed by atoms with Gasteiger partial charge < -0.3 is 145 Å². The highest BCUT2D eigenvalue weighted by Gasteiger charge is 2.42. The van der Waals surface area contributed by atoms with Crippen LogP contribution in [0.25, 0.3) is 22.3 Å². The Labute approximate surface area is 604 Å². The molecule has 14 rings (SSSR count). The lowest BCUT2D eigenvalue weighted by Gasteiger charge is -2.34. The summed E-state index contributed by atoms with van der Waals surface area (Å²) in [4.78, 5) is 49.7. The molecule has 0 saturated heterocycles. The lowest BCUT2D eigenvalue weighted by atomic mass is 9.92. The van der Waals surface area contributed by atoms with Gasteiger partial charge in [-0.15, -0.1) is 0 Å². The minimum Gasteiger partial charge on any atom is -0.508 e. The van der Waals surface area contributed by atoms with E-state index in [0.717, 1.165) is 60.7 Å². The van der Waals surface area contributed by atoms with Crippen LogP contribution in [0.2, 0.25) is 0 Å². The third-order valence-electron chi connectivity index (χ3n) is 16.8. The first-order valence-corrected chi connectivity index (χ1v) is 31.4. The number of fused-ring (bicyclic) bond motifs is 4. The number of hydrogen-bond acceptors (Lipinski definition) is 33. The van der Waals surface area contributed by atoms with Gasteiger partial charge in [-0.3, -0.25) is 9.59 Å². The fourth-order valence-electron chi connectivity index (χ4n) is 11.6. The van der Waals surface area contributed by atoms with Crippen molar-refractivity contribution in [3.05, 3.63) is 206 Å². The van der Waals surface area contributed by atoms with Crippen molar-refractivity contribution in [3.8, 4) is 155 Å². The van der Waals surface area contributed by atoms with Crippen LogP contribution in [0.5, 0.6) is 144 Å². The summed E-state index contributed by atoms with van der Waals surface area (Å²) < 4.78 is 38.7. The van der Waals surface area contributed by atoms with E-state index in [4.69, 9.17) is 32.8 Å². The van der Waals surface area contributed by atoms with Crippen molar-refractivity contribution in [2.24, 2.45) is 0 Å². The number of para-hydroxylation sites is 1. The number of aliphatic hydroxyl groups excluding tert-OH is 1. The van der Waals surface area contributed by atoms with Crippen LogP contribution in [-0.2, 0) is 22.3 Å². The number of carbonyl (C=O) groups excluding carboxylic acids is 3. The summed E-state index contributed by atoms with van der Waals surface area (Å²) >= 11 is 0. The fourth-order valence-corrected chi connectivity index (χ4v) is 11.6. The molecule has 0 aliphatic carbocycles. The largest absolute Gasteiger partial charge is 0.508 e. The number of aliphatic hydroxyl groups is 1. The van der Waals surface area contributed by atoms with Crippen LogP contribution < -0.4 is 24.4 Å². The maximum atomic E-state index is 12.7. The Morgan fingerprint density at radius 1 is 0.398 bits per heavy atom. The number of carbonyl (C=O) groups is 3. The molecule has 108 heavy (non-hydrogen) atoms. The number of rotatable bonds is 9. The summed E-state index contributed by atoms with van der Waals surface area (Å²) in [6, 6.07) is 30.6. The molecule has 4 heterocycles. The summed E-state index contributed by atoms with van der Waals surface area (Å²) in [6.07, 6.45) is -7.30. The van der Waals surface area contributed by atoms with Crippen LogP contribution in [0.15, 0.2) is 161 Å². The van der Waals surface area contributed by atoms with Crippen molar-refractivity contribution in [2.75, 3.05) is 7.11 Å². The molecule has 1 aromatic heterocycles. The van der Waals surface area contributed by atoms with E-state index in [2.05, 4.69) is 0 Å². The summed E-state index contributed by atoms with van der Waals surface area (Å²) in [5.41, 5.74) is 0.415. The molecule has 0 fully saturated rings. The van der Waals surface area contributed by atoms with Gasteiger partial charge >= 0.3 is 11.9 Å². The standard InChI is InChI=1S/C22H18O11.C22H18O10.C16H12O6.C15H12O6/c23-10-5-12(24)11-7-18(33-22(31)9-3-15(27)20(30)16(28)4-9)21(32-17(11)6-10)8-1-13(25)19(29)14(26)2-8;23-11-6-14(25)12-8-19(32-22(30)10-4-16(27)20(29)17(28)5-10)21(31-18(12)7-11)9-1-2-13(24)15(26)3-9;1-21-13-3-2-8(4-10(13)18)14-7-12(20)16-11(19)5-9(17)6-15(16)22-14;16-7-5-10(18)12-11(6-7)21-15(14(20)13(12)19)8-3-1-2-4-9(8)17/h1-6,18,21,23-30H,7H2;1-7,19,21,23-29H,8H2;2-7,17-19H,1H3;1-6,14-18,20H/t18-,21-;19-,21-;;/m11../s1. The third kappa shape index (κ3) is 15.2. The first-order valence-electron chi connectivity index (χ1n) is 31.4. The number of phenolic OH excluding ortho intramolecular Hbond substituents is 21. The zero-order valence-electron chi connectivity index (χ0n) is 55.1. The number of benzene rings is 10. The van der Waals surface area contributed by atoms with Crippen LogP contribution in [0.4, 0.5) is 0 Å². The number of esters is 2. The van der Waals surface area contributed by atoms with Gasteiger partial charge in [-0.05, 0) is 72.8 Å². The molecule has 0 radical (unpaired) electrons. The predicted octanol–water partition coefficient (Wildman–Crippen LogP) is 8.83. The summed E-state index contributed by atoms with van der Waals surface area (Å²) in [6.45, 7) is 0. The number of hydrogen-bond donors (Lipinski definition) is 22. The van der Waals surface area contributed by atoms with Crippen molar-refractivity contribution in [1.29, 1.82) is 0 Å². The minimum atomic E-state index is -1.57. The normalized spacial score (nSPS) is 16.6. The molecule has 3 aliphatic rings. The highest BCUT2D eigenvalue weighted by atomic mass is 16.6. The fraction of sp³-hybridized carbons (Fsp3) is 0.120. The first kappa shape index (κ1) is 74.2. The van der Waals surface area contributed by atoms with Crippen molar-refractivity contribution in [1.82, 2.24) is 0 Å². The number of Topliss-reactive ketones (excluding diaryl/α,β-unsaturated/α-hetero) is 1. The van der Waals surface area contributed by atoms with Crippen molar-refractivity contribution < 1.29 is 160 Å². The Balaban J connectivity index is 0.000000146. The Morgan fingerprint density at radius 3 is 1.35 bits per heavy atom. The van der Waals surface area contributed by atoms with E-state index in [-0.39, 0.29) is 143 Å². The molecule has 2 unspecified atom stereocenters. The van der Waals surface area contributed by atoms with Crippen LogP contribution in [0.3, 0.4) is 0 Å². The Hall–Kier alpha value is -15.0. The first-order chi connectivity index (χ1) is 51.2. The number of ether oxygens (including phenoxy) is 6. The second-order valence-electron chi connectivity index (χ2n) is 24.1. The van der Waals surface area contributed by atoms with Crippen LogP contribution in [0, 0.1) is 0 Å². The lowest BCUT2D eigenvalue weighted by Crippen LogP contribution is -2.36. The molecule has 33 heteroatoms. The van der Waals surface area contributed by atoms with Gasteiger partial charge in [0.2, 0.25) is 5.78 Å². The van der Waals surface area contributed by atoms with Gasteiger partial charge in [0.05, 0.1) is 18.2 Å². The van der Waals surface area contributed by atoms with Crippen molar-refractivity contribution in [3.63, 3.8) is 0 Å². The summed E-state index contributed by atoms with van der Waals surface area (Å²) in [5, 5.41) is 215. The van der Waals surface area contributed by atoms with E-state index in [0.29, 0.717) is 16.9 Å². The predicted molar refractivity (Wildman–Crippen MR) is 367 cm³/mol. The van der Waals surface area contributed by atoms with Crippen LogP contribution in [0.1, 0.15) is 77.2 Å². The highest BCUT2D eigenvalue weighted by Crippen LogP contribution is 2.50. The molecule has 10 aromatic carbocycles. The zero-order valence-corrected chi connectivity index (χ0v) is 55.1. The maximum absolute atomic E-state index is 12.7. The van der Waals surface area contributed by atoms with Gasteiger partial charge in [-0.2, -0.15) is 0 Å². The Bertz CT molecular complexity index is 5390. The van der Waals surface area contributed by atoms with E-state index < -0.39 is 123 Å². The second kappa shape index (κ2) is 29.7. The maximum Gasteiger partial charge on any atom is 0.338 e. The van der Waals surface area contributed by atoms with Gasteiger partial charge in [-0.1, -0.05) is 24.3 Å². The Kier molecular flexibility index (Phi) is 20.4. The number of aromatic hydroxyl groups is 21. The monoisotopic (exact) mass is 1490 g/mol. The second-order valence-corrected chi connectivity index (χ2v) is 24.1. The average molecular weight is 1490 g/mol. The quantitative estimate of drug-likeness (QED) is 0.0474. The van der Waals surface area contributed by atoms with E-state index >= 15 is 0 Å². The molecule has 0 saturated carbocycles. The van der Waals surface area contributed by atoms with Gasteiger partial charge in [0, 0.05) is 101 Å². The zero-order chi connectivity index (χ0) is 78.2. The lowest BCUT2D eigenvalue weighted by molar-refractivity contribution is -0.0192. The van der Waals surface area contributed by atoms with Gasteiger partial charge in [0.1, 0.15) is 103 Å². The smallest absolute Gasteiger partial charge is 0.338 e. The van der Waals surface area contributed by atoms with Gasteiger partial charge in [0.25, 0.3) is 0 Å². The Morgan fingerprint density at radius 2 is 0.852 bits per heavy atom. The molecule has 3 aliphatic heterocycles. The summed E-state index contributed by atoms with van der Waals surface area (Å²) in [7, 11) is 1.43. The van der Waals surface area contributed by atoms with E-state index in [1.54, 1.807) is 18.2 Å². The summed E-state index contributed by atoms with van der Waals surface area (Å²) in [5.74, 6) is -12.3. The topological polar surface area (TPSA) is 582 Å². The molecule has 558 valence electrons. The molecule has 0 amide bonds. The van der Waals surface area contributed by atoms with E-state index in [1.807, 2.05) is 0 Å². The molecular weight excluding hydrogens is 1430 g/mol. The molecule has 6 atom stereocenters. The van der Waals surface area contributed by atoms with E-state index in [1.165, 1.54) is 79.9 Å². The van der Waals surface area contributed by atoms with Crippen molar-refractivity contribution >= 4 is 28.7 Å². The molecule has 22 N–H and O–H groups in total. The van der Waals surface area contributed by atoms with Crippen molar-refractivity contribution in [2.45, 2.75) is 49.5 Å². The number of ketones is 1. The molecule has 0 spiro atoms. The van der Waals surface area contributed by atoms with Crippen LogP contribution in [-0.4, -0.2) is 155 Å². The molecule has 33 nitrogen and oxygen atoms in total. The van der Waals surface area contributed by atoms with Crippen LogP contribution >= 0.6 is 0 Å². The highest BCUT2D eigenvalue weighted by molar-refractivity contribution is 6.05. The molecule has 11 aromatic rings. The van der Waals surface area contributed by atoms with Gasteiger partial charge in [0.15, 0.2) is 105 Å².